The minimum atomic E-state index is -0.314. The van der Waals surface area contributed by atoms with Crippen molar-refractivity contribution in [3.8, 4) is 17.1 Å². The number of amides is 1. The van der Waals surface area contributed by atoms with Gasteiger partial charge in [-0.25, -0.2) is 0 Å². The van der Waals surface area contributed by atoms with E-state index in [1.807, 2.05) is 67.1 Å². The van der Waals surface area contributed by atoms with Crippen LogP contribution in [0.25, 0.3) is 11.4 Å². The van der Waals surface area contributed by atoms with Gasteiger partial charge in [0.25, 0.3) is 0 Å². The van der Waals surface area contributed by atoms with E-state index in [9.17, 15) is 4.79 Å². The van der Waals surface area contributed by atoms with Gasteiger partial charge in [0.2, 0.25) is 5.91 Å². The number of aromatic nitrogens is 3. The number of carbonyl (C=O) groups is 1. The van der Waals surface area contributed by atoms with E-state index in [0.717, 1.165) is 22.8 Å². The van der Waals surface area contributed by atoms with E-state index in [1.54, 1.807) is 7.11 Å². The van der Waals surface area contributed by atoms with Crippen LogP contribution in [0.3, 0.4) is 0 Å². The summed E-state index contributed by atoms with van der Waals surface area (Å²) in [7, 11) is 3.54. The Morgan fingerprint density at radius 3 is 2.28 bits per heavy atom. The van der Waals surface area contributed by atoms with Gasteiger partial charge in [-0.15, -0.1) is 10.2 Å². The minimum absolute atomic E-state index is 0.0682. The van der Waals surface area contributed by atoms with Crippen molar-refractivity contribution >= 4 is 23.4 Å². The van der Waals surface area contributed by atoms with Crippen molar-refractivity contribution in [2.24, 2.45) is 7.05 Å². The second-order valence-corrected chi connectivity index (χ2v) is 8.43. The number of hydrogen-bond donors (Lipinski definition) is 1. The first-order chi connectivity index (χ1) is 13.9. The van der Waals surface area contributed by atoms with Gasteiger partial charge in [0.1, 0.15) is 5.75 Å². The molecule has 0 bridgehead atoms. The Balaban J connectivity index is 1.66. The molecule has 7 heteroatoms. The zero-order valence-electron chi connectivity index (χ0n) is 17.3. The maximum atomic E-state index is 12.6. The van der Waals surface area contributed by atoms with Crippen molar-refractivity contribution in [1.82, 2.24) is 14.8 Å². The molecule has 0 aliphatic heterocycles. The Morgan fingerprint density at radius 2 is 1.69 bits per heavy atom. The lowest BCUT2D eigenvalue weighted by molar-refractivity contribution is -0.115. The molecule has 152 valence electrons. The highest BCUT2D eigenvalue weighted by molar-refractivity contribution is 8.00. The molecular weight excluding hydrogens is 384 g/mol. The number of thioether (sulfide) groups is 1. The number of methoxy groups -OCH3 is 1. The fourth-order valence-corrected chi connectivity index (χ4v) is 3.63. The number of rotatable bonds is 7. The van der Waals surface area contributed by atoms with Crippen molar-refractivity contribution in [1.29, 1.82) is 0 Å². The number of hydrogen-bond acceptors (Lipinski definition) is 5. The van der Waals surface area contributed by atoms with Gasteiger partial charge in [-0.05, 0) is 54.8 Å². The van der Waals surface area contributed by atoms with E-state index in [0.29, 0.717) is 11.1 Å². The minimum Gasteiger partial charge on any atom is -0.497 e. The van der Waals surface area contributed by atoms with Crippen LogP contribution in [0, 0.1) is 0 Å². The monoisotopic (exact) mass is 410 g/mol. The molecule has 0 fully saturated rings. The van der Waals surface area contributed by atoms with Gasteiger partial charge in [0, 0.05) is 18.3 Å². The Bertz CT molecular complexity index is 965. The van der Waals surface area contributed by atoms with Gasteiger partial charge >= 0.3 is 0 Å². The molecule has 6 nitrogen and oxygen atoms in total. The van der Waals surface area contributed by atoms with E-state index in [4.69, 9.17) is 4.74 Å². The summed E-state index contributed by atoms with van der Waals surface area (Å²) in [5, 5.41) is 11.9. The maximum Gasteiger partial charge on any atom is 0.237 e. The molecule has 0 aliphatic carbocycles. The van der Waals surface area contributed by atoms with Crippen molar-refractivity contribution < 1.29 is 9.53 Å². The van der Waals surface area contributed by atoms with E-state index >= 15 is 0 Å². The van der Waals surface area contributed by atoms with Crippen molar-refractivity contribution in [3.05, 3.63) is 54.1 Å². The summed E-state index contributed by atoms with van der Waals surface area (Å²) in [6.07, 6.45) is 0. The molecule has 0 radical (unpaired) electrons. The van der Waals surface area contributed by atoms with Gasteiger partial charge < -0.3 is 14.6 Å². The molecule has 2 aromatic carbocycles. The second-order valence-electron chi connectivity index (χ2n) is 7.12. The summed E-state index contributed by atoms with van der Waals surface area (Å²) in [5.74, 6) is 1.93. The lowest BCUT2D eigenvalue weighted by atomic mass is 10.0. The number of nitrogens with one attached hydrogen (secondary N) is 1. The maximum absolute atomic E-state index is 12.6. The smallest absolute Gasteiger partial charge is 0.237 e. The molecular formula is C22H26N4O2S. The highest BCUT2D eigenvalue weighted by Gasteiger charge is 2.19. The van der Waals surface area contributed by atoms with Gasteiger partial charge in [-0.3, -0.25) is 4.79 Å². The average molecular weight is 411 g/mol. The van der Waals surface area contributed by atoms with Crippen molar-refractivity contribution in [3.63, 3.8) is 0 Å². The lowest BCUT2D eigenvalue weighted by Gasteiger charge is -2.13. The largest absolute Gasteiger partial charge is 0.497 e. The quantitative estimate of drug-likeness (QED) is 0.570. The molecule has 29 heavy (non-hydrogen) atoms. The molecule has 3 aromatic rings. The predicted molar refractivity (Wildman–Crippen MR) is 117 cm³/mol. The third-order valence-electron chi connectivity index (χ3n) is 4.68. The van der Waals surface area contributed by atoms with Gasteiger partial charge in [-0.1, -0.05) is 37.7 Å². The lowest BCUT2D eigenvalue weighted by Crippen LogP contribution is -2.22. The first-order valence-corrected chi connectivity index (χ1v) is 10.4. The van der Waals surface area contributed by atoms with Gasteiger partial charge in [0.05, 0.1) is 12.4 Å². The first-order valence-electron chi connectivity index (χ1n) is 9.50. The first kappa shape index (κ1) is 20.9. The zero-order chi connectivity index (χ0) is 21.0. The van der Waals surface area contributed by atoms with Crippen LogP contribution in [0.4, 0.5) is 5.69 Å². The summed E-state index contributed by atoms with van der Waals surface area (Å²) < 4.78 is 7.09. The molecule has 1 aromatic heterocycles. The topological polar surface area (TPSA) is 69.0 Å². The standard InChI is InChI=1S/C22H26N4O2S/c1-14(2)16-6-10-18(11-7-16)23-21(27)15(3)29-22-25-24-20(26(22)4)17-8-12-19(28-5)13-9-17/h6-15H,1-5H3,(H,23,27)/t15-/m1/s1. The summed E-state index contributed by atoms with van der Waals surface area (Å²) in [4.78, 5) is 12.6. The summed E-state index contributed by atoms with van der Waals surface area (Å²) in [6, 6.07) is 15.6. The molecule has 1 N–H and O–H groups in total. The third-order valence-corrected chi connectivity index (χ3v) is 5.81. The molecule has 0 unspecified atom stereocenters. The summed E-state index contributed by atoms with van der Waals surface area (Å²) in [5.41, 5.74) is 2.98. The number of nitrogens with zero attached hydrogens (tertiary/aromatic N) is 3. The van der Waals surface area contributed by atoms with E-state index in [1.165, 1.54) is 17.3 Å². The Hall–Kier alpha value is -2.80. The average Bonchev–Trinajstić information content (AvgIpc) is 3.08. The SMILES string of the molecule is COc1ccc(-c2nnc(S[C@H](C)C(=O)Nc3ccc(C(C)C)cc3)n2C)cc1. The highest BCUT2D eigenvalue weighted by atomic mass is 32.2. The van der Waals surface area contributed by atoms with Gasteiger partial charge in [-0.2, -0.15) is 0 Å². The van der Waals surface area contributed by atoms with E-state index < -0.39 is 0 Å². The Labute approximate surface area is 175 Å². The second kappa shape index (κ2) is 9.13. The molecule has 3 rings (SSSR count). The number of benzene rings is 2. The van der Waals surface area contributed by atoms with Crippen LogP contribution < -0.4 is 10.1 Å². The van der Waals surface area contributed by atoms with Crippen LogP contribution in [0.2, 0.25) is 0 Å². The molecule has 1 heterocycles. The number of ether oxygens (including phenoxy) is 1. The number of anilines is 1. The zero-order valence-corrected chi connectivity index (χ0v) is 18.2. The fraction of sp³-hybridized carbons (Fsp3) is 0.318. The van der Waals surface area contributed by atoms with E-state index in [2.05, 4.69) is 29.4 Å². The molecule has 0 aliphatic rings. The predicted octanol–water partition coefficient (Wildman–Crippen LogP) is 4.73. The highest BCUT2D eigenvalue weighted by Crippen LogP contribution is 2.27. The Morgan fingerprint density at radius 1 is 1.03 bits per heavy atom. The van der Waals surface area contributed by atoms with E-state index in [-0.39, 0.29) is 11.2 Å². The molecule has 1 amide bonds. The third kappa shape index (κ3) is 4.98. The van der Waals surface area contributed by atoms with Crippen molar-refractivity contribution in [2.45, 2.75) is 37.1 Å². The molecule has 0 spiro atoms. The van der Waals surface area contributed by atoms with Crippen LogP contribution in [-0.2, 0) is 11.8 Å². The van der Waals surface area contributed by atoms with Gasteiger partial charge in [0.15, 0.2) is 11.0 Å². The molecule has 0 saturated heterocycles. The molecule has 0 saturated carbocycles. The van der Waals surface area contributed by atoms with Crippen LogP contribution in [0.5, 0.6) is 5.75 Å². The van der Waals surface area contributed by atoms with Crippen LogP contribution >= 0.6 is 11.8 Å². The fourth-order valence-electron chi connectivity index (χ4n) is 2.82. The van der Waals surface area contributed by atoms with Crippen molar-refractivity contribution in [2.75, 3.05) is 12.4 Å². The van der Waals surface area contributed by atoms with Crippen LogP contribution in [0.15, 0.2) is 53.7 Å². The number of carbonyl (C=O) groups excluding carboxylic acids is 1. The van der Waals surface area contributed by atoms with Crippen LogP contribution in [-0.4, -0.2) is 33.0 Å². The molecule has 1 atom stereocenters. The normalized spacial score (nSPS) is 12.1. The summed E-state index contributed by atoms with van der Waals surface area (Å²) >= 11 is 1.38. The van der Waals surface area contributed by atoms with Crippen LogP contribution in [0.1, 0.15) is 32.3 Å². The Kier molecular flexibility index (Phi) is 6.59. The summed E-state index contributed by atoms with van der Waals surface area (Å²) in [6.45, 7) is 6.16.